The molecule has 0 aliphatic heterocycles. The van der Waals surface area contributed by atoms with Crippen LogP contribution in [0, 0.1) is 10.1 Å². The van der Waals surface area contributed by atoms with Crippen LogP contribution in [0.2, 0.25) is 0 Å². The fraction of sp³-hybridized carbons (Fsp3) is 0.143. The summed E-state index contributed by atoms with van der Waals surface area (Å²) in [5.74, 6) is -1.57. The first-order valence-electron chi connectivity index (χ1n) is 3.79. The number of hydrazone groups is 1. The number of nitrogens with one attached hydrogen (secondary N) is 1. The molecule has 1 aromatic rings. The van der Waals surface area contributed by atoms with E-state index >= 15 is 0 Å². The van der Waals surface area contributed by atoms with E-state index in [1.807, 2.05) is 0 Å². The molecule has 1 N–H and O–H groups in total. The molecule has 1 aromatic heterocycles. The van der Waals surface area contributed by atoms with Crippen LogP contribution >= 0.6 is 0 Å². The SMILES string of the molecule is O=C([O-])CN/N=C\c1ccc([N+](=O)[O-])o1.[Na+]. The van der Waals surface area contributed by atoms with E-state index < -0.39 is 23.3 Å². The van der Waals surface area contributed by atoms with Gasteiger partial charge >= 0.3 is 35.4 Å². The third-order valence-electron chi connectivity index (χ3n) is 1.30. The van der Waals surface area contributed by atoms with Gasteiger partial charge in [-0.2, -0.15) is 5.10 Å². The first kappa shape index (κ1) is 14.6. The average Bonchev–Trinajstić information content (AvgIpc) is 2.60. The Kier molecular flexibility index (Phi) is 6.38. The Morgan fingerprint density at radius 1 is 1.62 bits per heavy atom. The molecule has 0 saturated carbocycles. The van der Waals surface area contributed by atoms with Gasteiger partial charge in [0.2, 0.25) is 0 Å². The summed E-state index contributed by atoms with van der Waals surface area (Å²) in [4.78, 5) is 19.5. The number of hydrogen-bond acceptors (Lipinski definition) is 7. The molecule has 0 fully saturated rings. The second-order valence-corrected chi connectivity index (χ2v) is 2.40. The minimum Gasteiger partial charge on any atom is -0.548 e. The number of carbonyl (C=O) groups excluding carboxylic acids is 1. The standard InChI is InChI=1S/C7H7N3O5.Na/c11-7(12)4-9-8-3-5-1-2-6(15-5)10(13)14;/h1-3,9H,4H2,(H,11,12);/q;+1/p-1/b8-3-;. The Labute approximate surface area is 112 Å². The third-order valence-corrected chi connectivity index (χ3v) is 1.30. The van der Waals surface area contributed by atoms with E-state index in [4.69, 9.17) is 4.42 Å². The fourth-order valence-corrected chi connectivity index (χ4v) is 0.729. The molecule has 0 unspecified atom stereocenters. The maximum absolute atomic E-state index is 10.2. The Hall–Kier alpha value is -1.38. The van der Waals surface area contributed by atoms with Crippen molar-refractivity contribution in [2.24, 2.45) is 5.10 Å². The minimum atomic E-state index is -1.31. The van der Waals surface area contributed by atoms with Crippen molar-refractivity contribution < 1.29 is 48.8 Å². The summed E-state index contributed by atoms with van der Waals surface area (Å²) in [5.41, 5.74) is 2.15. The van der Waals surface area contributed by atoms with E-state index in [2.05, 4.69) is 10.5 Å². The molecule has 0 aromatic carbocycles. The predicted molar refractivity (Wildman–Crippen MR) is 46.0 cm³/mol. The van der Waals surface area contributed by atoms with Crippen molar-refractivity contribution in [1.82, 2.24) is 5.43 Å². The largest absolute Gasteiger partial charge is 1.00 e. The van der Waals surface area contributed by atoms with Crippen LogP contribution in [0.3, 0.4) is 0 Å². The van der Waals surface area contributed by atoms with Gasteiger partial charge in [0.15, 0.2) is 5.76 Å². The van der Waals surface area contributed by atoms with Gasteiger partial charge in [0.25, 0.3) is 0 Å². The Balaban J connectivity index is 0.00000225. The molecular formula is C7H6N3NaO5. The Morgan fingerprint density at radius 2 is 2.31 bits per heavy atom. The maximum Gasteiger partial charge on any atom is 1.00 e. The van der Waals surface area contributed by atoms with E-state index in [0.29, 0.717) is 0 Å². The molecule has 8 nitrogen and oxygen atoms in total. The molecule has 1 rings (SSSR count). The maximum atomic E-state index is 10.2. The van der Waals surface area contributed by atoms with Crippen LogP contribution < -0.4 is 40.1 Å². The van der Waals surface area contributed by atoms with Gasteiger partial charge in [-0.05, 0) is 6.07 Å². The summed E-state index contributed by atoms with van der Waals surface area (Å²) in [6.07, 6.45) is 1.12. The number of carbonyl (C=O) groups is 1. The van der Waals surface area contributed by atoms with Crippen LogP contribution in [0.15, 0.2) is 21.7 Å². The van der Waals surface area contributed by atoms with E-state index in [1.54, 1.807) is 0 Å². The number of nitrogens with zero attached hydrogens (tertiary/aromatic N) is 2. The molecule has 0 atom stereocenters. The first-order chi connectivity index (χ1) is 7.09. The topological polar surface area (TPSA) is 121 Å². The monoisotopic (exact) mass is 235 g/mol. The van der Waals surface area contributed by atoms with Crippen molar-refractivity contribution in [3.63, 3.8) is 0 Å². The van der Waals surface area contributed by atoms with Crippen molar-refractivity contribution in [3.8, 4) is 0 Å². The van der Waals surface area contributed by atoms with Gasteiger partial charge in [-0.3, -0.25) is 10.1 Å². The molecule has 1 heterocycles. The van der Waals surface area contributed by atoms with Crippen LogP contribution in [0.25, 0.3) is 0 Å². The smallest absolute Gasteiger partial charge is 0.548 e. The number of carboxylic acid groups (broad SMARTS) is 1. The Bertz CT molecular complexity index is 402. The van der Waals surface area contributed by atoms with Crippen LogP contribution in [-0.4, -0.2) is 23.7 Å². The number of aliphatic carboxylic acids is 1. The van der Waals surface area contributed by atoms with E-state index in [9.17, 15) is 20.0 Å². The quantitative estimate of drug-likeness (QED) is 0.239. The third kappa shape index (κ3) is 4.91. The van der Waals surface area contributed by atoms with Gasteiger partial charge < -0.3 is 19.7 Å². The summed E-state index contributed by atoms with van der Waals surface area (Å²) in [6, 6.07) is 2.50. The average molecular weight is 235 g/mol. The molecule has 9 heteroatoms. The molecule has 0 radical (unpaired) electrons. The molecule has 0 aliphatic carbocycles. The van der Waals surface area contributed by atoms with Crippen molar-refractivity contribution in [2.45, 2.75) is 0 Å². The van der Waals surface area contributed by atoms with Crippen LogP contribution in [0.1, 0.15) is 5.76 Å². The molecule has 0 bridgehead atoms. The summed E-state index contributed by atoms with van der Waals surface area (Å²) >= 11 is 0. The summed E-state index contributed by atoms with van der Waals surface area (Å²) in [7, 11) is 0. The molecule has 0 amide bonds. The molecule has 16 heavy (non-hydrogen) atoms. The molecule has 0 aliphatic rings. The summed E-state index contributed by atoms with van der Waals surface area (Å²) < 4.78 is 4.70. The number of carboxylic acids is 1. The van der Waals surface area contributed by atoms with Crippen molar-refractivity contribution in [3.05, 3.63) is 28.0 Å². The summed E-state index contributed by atoms with van der Waals surface area (Å²) in [6.45, 7) is -0.445. The number of nitro groups is 1. The number of rotatable bonds is 5. The molecule has 0 spiro atoms. The molecule has 0 saturated heterocycles. The van der Waals surface area contributed by atoms with Gasteiger partial charge in [0, 0.05) is 0 Å². The van der Waals surface area contributed by atoms with Gasteiger partial charge in [0.1, 0.15) is 4.92 Å². The van der Waals surface area contributed by atoms with Gasteiger partial charge in [-0.15, -0.1) is 0 Å². The van der Waals surface area contributed by atoms with Gasteiger partial charge in [0.05, 0.1) is 24.8 Å². The van der Waals surface area contributed by atoms with Crippen LogP contribution in [0.4, 0.5) is 5.88 Å². The molecular weight excluding hydrogens is 229 g/mol. The first-order valence-corrected chi connectivity index (χ1v) is 3.79. The van der Waals surface area contributed by atoms with Crippen LogP contribution in [-0.2, 0) is 4.79 Å². The van der Waals surface area contributed by atoms with Gasteiger partial charge in [-0.1, -0.05) is 0 Å². The predicted octanol–water partition coefficient (Wildman–Crippen LogP) is -4.13. The zero-order chi connectivity index (χ0) is 11.3. The normalized spacial score (nSPS) is 9.75. The van der Waals surface area contributed by atoms with E-state index in [-0.39, 0.29) is 35.3 Å². The minimum absolute atomic E-state index is 0. The van der Waals surface area contributed by atoms with Crippen molar-refractivity contribution in [1.29, 1.82) is 0 Å². The number of hydrogen-bond donors (Lipinski definition) is 1. The zero-order valence-corrected chi connectivity index (χ0v) is 10.4. The summed E-state index contributed by atoms with van der Waals surface area (Å²) in [5, 5.41) is 23.6. The Morgan fingerprint density at radius 3 is 2.81 bits per heavy atom. The number of furan rings is 1. The zero-order valence-electron chi connectivity index (χ0n) is 8.37. The van der Waals surface area contributed by atoms with Crippen LogP contribution in [0.5, 0.6) is 0 Å². The van der Waals surface area contributed by atoms with Crippen molar-refractivity contribution in [2.75, 3.05) is 6.54 Å². The second-order valence-electron chi connectivity index (χ2n) is 2.40. The van der Waals surface area contributed by atoms with Gasteiger partial charge in [-0.25, -0.2) is 0 Å². The molecule has 80 valence electrons. The second kappa shape index (κ2) is 6.99. The van der Waals surface area contributed by atoms with Crippen molar-refractivity contribution >= 4 is 18.1 Å². The fourth-order valence-electron chi connectivity index (χ4n) is 0.729. The van der Waals surface area contributed by atoms with E-state index in [0.717, 1.165) is 6.21 Å². The van der Waals surface area contributed by atoms with E-state index in [1.165, 1.54) is 12.1 Å².